The van der Waals surface area contributed by atoms with Gasteiger partial charge in [-0.2, -0.15) is 4.98 Å². The summed E-state index contributed by atoms with van der Waals surface area (Å²) < 4.78 is 5.38. The fraction of sp³-hybridized carbons (Fsp3) is 0.579. The molecule has 1 heterocycles. The van der Waals surface area contributed by atoms with Crippen molar-refractivity contribution in [2.45, 2.75) is 64.0 Å². The first-order valence-corrected chi connectivity index (χ1v) is 8.96. The van der Waals surface area contributed by atoms with Gasteiger partial charge in [0.15, 0.2) is 5.82 Å². The molecule has 1 atom stereocenters. The highest BCUT2D eigenvalue weighted by atomic mass is 16.5. The smallest absolute Gasteiger partial charge is 0.229 e. The predicted molar refractivity (Wildman–Crippen MR) is 92.8 cm³/mol. The van der Waals surface area contributed by atoms with E-state index in [0.717, 1.165) is 49.4 Å². The second kappa shape index (κ2) is 7.90. The monoisotopic (exact) mass is 329 g/mol. The summed E-state index contributed by atoms with van der Waals surface area (Å²) in [5.74, 6) is 1.98. The van der Waals surface area contributed by atoms with Crippen LogP contribution in [0, 0.1) is 6.92 Å². The summed E-state index contributed by atoms with van der Waals surface area (Å²) >= 11 is 0. The third-order valence-corrected chi connectivity index (χ3v) is 4.90. The Morgan fingerprint density at radius 1 is 1.29 bits per heavy atom. The van der Waals surface area contributed by atoms with Crippen molar-refractivity contribution in [3.05, 3.63) is 47.1 Å². The Morgan fingerprint density at radius 3 is 2.75 bits per heavy atom. The fourth-order valence-corrected chi connectivity index (χ4v) is 3.39. The van der Waals surface area contributed by atoms with E-state index in [9.17, 15) is 5.11 Å². The summed E-state index contributed by atoms with van der Waals surface area (Å²) in [6.45, 7) is 4.68. The van der Waals surface area contributed by atoms with E-state index in [2.05, 4.69) is 15.5 Å². The quantitative estimate of drug-likeness (QED) is 0.851. The lowest BCUT2D eigenvalue weighted by Gasteiger charge is -2.28. The van der Waals surface area contributed by atoms with Crippen LogP contribution in [0.2, 0.25) is 0 Å². The molecule has 24 heavy (non-hydrogen) atoms. The first-order valence-electron chi connectivity index (χ1n) is 8.96. The van der Waals surface area contributed by atoms with E-state index >= 15 is 0 Å². The van der Waals surface area contributed by atoms with E-state index in [1.165, 1.54) is 5.56 Å². The standard InChI is InChI=1S/C19H27N3O2/c1-3-18-21-19(24-22-18)14-7-9-16(10-8-14)20-12-17(23)15-6-4-5-13(2)11-15/h4-6,11,14,16-17,20,23H,3,7-10,12H2,1-2H3. The Hall–Kier alpha value is -1.72. The Balaban J connectivity index is 1.45. The van der Waals surface area contributed by atoms with E-state index in [1.54, 1.807) is 0 Å². The summed E-state index contributed by atoms with van der Waals surface area (Å²) in [7, 11) is 0. The minimum atomic E-state index is -0.453. The molecule has 1 aliphatic rings. The minimum absolute atomic E-state index is 0.387. The maximum atomic E-state index is 10.3. The molecule has 2 N–H and O–H groups in total. The normalized spacial score (nSPS) is 22.5. The van der Waals surface area contributed by atoms with Gasteiger partial charge in [-0.05, 0) is 38.2 Å². The number of nitrogens with one attached hydrogen (secondary N) is 1. The van der Waals surface area contributed by atoms with Gasteiger partial charge >= 0.3 is 0 Å². The molecule has 1 fully saturated rings. The summed E-state index contributed by atoms with van der Waals surface area (Å²) in [4.78, 5) is 4.46. The molecule has 3 rings (SSSR count). The fourth-order valence-electron chi connectivity index (χ4n) is 3.39. The topological polar surface area (TPSA) is 71.2 Å². The molecule has 0 saturated heterocycles. The molecule has 1 saturated carbocycles. The highest BCUT2D eigenvalue weighted by molar-refractivity contribution is 5.24. The minimum Gasteiger partial charge on any atom is -0.387 e. The highest BCUT2D eigenvalue weighted by Crippen LogP contribution is 2.32. The lowest BCUT2D eigenvalue weighted by atomic mass is 9.86. The van der Waals surface area contributed by atoms with E-state index in [0.29, 0.717) is 18.5 Å². The number of aromatic nitrogens is 2. The molecule has 5 nitrogen and oxygen atoms in total. The first-order chi connectivity index (χ1) is 11.7. The van der Waals surface area contributed by atoms with Crippen molar-refractivity contribution in [1.82, 2.24) is 15.5 Å². The molecule has 0 spiro atoms. The average Bonchev–Trinajstić information content (AvgIpc) is 3.09. The maximum absolute atomic E-state index is 10.3. The predicted octanol–water partition coefficient (Wildman–Crippen LogP) is 3.29. The largest absolute Gasteiger partial charge is 0.387 e. The Bertz CT molecular complexity index is 648. The summed E-state index contributed by atoms with van der Waals surface area (Å²) in [5.41, 5.74) is 2.16. The van der Waals surface area contributed by atoms with E-state index in [-0.39, 0.29) is 0 Å². The van der Waals surface area contributed by atoms with Crippen LogP contribution < -0.4 is 5.32 Å². The molecule has 1 aromatic heterocycles. The molecular weight excluding hydrogens is 302 g/mol. The van der Waals surface area contributed by atoms with Crippen LogP contribution in [0.3, 0.4) is 0 Å². The molecule has 0 aliphatic heterocycles. The SMILES string of the molecule is CCc1noc(C2CCC(NCC(O)c3cccc(C)c3)CC2)n1. The Labute approximate surface area is 143 Å². The van der Waals surface area contributed by atoms with Gasteiger partial charge in [0.25, 0.3) is 0 Å². The van der Waals surface area contributed by atoms with Gasteiger partial charge in [-0.3, -0.25) is 0 Å². The molecule has 0 bridgehead atoms. The van der Waals surface area contributed by atoms with Gasteiger partial charge in [0.2, 0.25) is 5.89 Å². The summed E-state index contributed by atoms with van der Waals surface area (Å²) in [5, 5.41) is 17.8. The van der Waals surface area contributed by atoms with Crippen molar-refractivity contribution in [3.63, 3.8) is 0 Å². The van der Waals surface area contributed by atoms with Gasteiger partial charge < -0.3 is 14.9 Å². The molecule has 130 valence electrons. The average molecular weight is 329 g/mol. The number of aliphatic hydroxyl groups excluding tert-OH is 1. The number of rotatable bonds is 6. The number of aliphatic hydroxyl groups is 1. The third kappa shape index (κ3) is 4.22. The number of hydrogen-bond donors (Lipinski definition) is 2. The summed E-state index contributed by atoms with van der Waals surface area (Å²) in [6, 6.07) is 8.52. The van der Waals surface area contributed by atoms with E-state index < -0.39 is 6.10 Å². The van der Waals surface area contributed by atoms with Crippen LogP contribution in [0.15, 0.2) is 28.8 Å². The van der Waals surface area contributed by atoms with Gasteiger partial charge in [0.1, 0.15) is 0 Å². The van der Waals surface area contributed by atoms with Gasteiger partial charge in [-0.25, -0.2) is 0 Å². The van der Waals surface area contributed by atoms with Crippen molar-refractivity contribution in [3.8, 4) is 0 Å². The lowest BCUT2D eigenvalue weighted by Crippen LogP contribution is -2.35. The first kappa shape index (κ1) is 17.1. The molecule has 1 aromatic carbocycles. The molecule has 1 unspecified atom stereocenters. The van der Waals surface area contributed by atoms with Crippen molar-refractivity contribution in [2.24, 2.45) is 0 Å². The summed E-state index contributed by atoms with van der Waals surface area (Å²) in [6.07, 6.45) is 4.64. The third-order valence-electron chi connectivity index (χ3n) is 4.90. The second-order valence-corrected chi connectivity index (χ2v) is 6.79. The zero-order valence-electron chi connectivity index (χ0n) is 14.5. The molecule has 5 heteroatoms. The van der Waals surface area contributed by atoms with E-state index in [1.807, 2.05) is 38.1 Å². The van der Waals surface area contributed by atoms with Crippen molar-refractivity contribution in [1.29, 1.82) is 0 Å². The van der Waals surface area contributed by atoms with E-state index in [4.69, 9.17) is 4.52 Å². The van der Waals surface area contributed by atoms with Gasteiger partial charge in [0.05, 0.1) is 6.10 Å². The number of aryl methyl sites for hydroxylation is 2. The molecule has 2 aromatic rings. The number of benzene rings is 1. The molecule has 1 aliphatic carbocycles. The van der Waals surface area contributed by atoms with Crippen LogP contribution in [0.25, 0.3) is 0 Å². The zero-order valence-corrected chi connectivity index (χ0v) is 14.5. The maximum Gasteiger partial charge on any atom is 0.229 e. The van der Waals surface area contributed by atoms with Gasteiger partial charge in [-0.15, -0.1) is 0 Å². The second-order valence-electron chi connectivity index (χ2n) is 6.79. The van der Waals surface area contributed by atoms with Gasteiger partial charge in [0, 0.05) is 24.9 Å². The van der Waals surface area contributed by atoms with Crippen LogP contribution in [0.4, 0.5) is 0 Å². The van der Waals surface area contributed by atoms with Crippen LogP contribution >= 0.6 is 0 Å². The number of nitrogens with zero attached hydrogens (tertiary/aromatic N) is 2. The number of hydrogen-bond acceptors (Lipinski definition) is 5. The van der Waals surface area contributed by atoms with Crippen molar-refractivity contribution >= 4 is 0 Å². The van der Waals surface area contributed by atoms with Gasteiger partial charge in [-0.1, -0.05) is 41.9 Å². The molecule has 0 amide bonds. The van der Waals surface area contributed by atoms with Crippen LogP contribution in [-0.2, 0) is 6.42 Å². The van der Waals surface area contributed by atoms with Crippen LogP contribution in [0.5, 0.6) is 0 Å². The van der Waals surface area contributed by atoms with Crippen LogP contribution in [-0.4, -0.2) is 27.8 Å². The molecule has 0 radical (unpaired) electrons. The van der Waals surface area contributed by atoms with Crippen molar-refractivity contribution in [2.75, 3.05) is 6.54 Å². The zero-order chi connectivity index (χ0) is 16.9. The van der Waals surface area contributed by atoms with Crippen molar-refractivity contribution < 1.29 is 9.63 Å². The highest BCUT2D eigenvalue weighted by Gasteiger charge is 2.26. The lowest BCUT2D eigenvalue weighted by molar-refractivity contribution is 0.163. The Kier molecular flexibility index (Phi) is 5.63. The van der Waals surface area contributed by atoms with Crippen LogP contribution in [0.1, 0.15) is 67.5 Å². The molecular formula is C19H27N3O2. The Morgan fingerprint density at radius 2 is 2.08 bits per heavy atom.